The molecule has 0 aliphatic rings. The fourth-order valence-corrected chi connectivity index (χ4v) is 4.24. The van der Waals surface area contributed by atoms with Gasteiger partial charge >= 0.3 is 0 Å². The van der Waals surface area contributed by atoms with Crippen LogP contribution in [0.3, 0.4) is 0 Å². The molecule has 2 heterocycles. The highest BCUT2D eigenvalue weighted by atomic mass is 127. The van der Waals surface area contributed by atoms with Gasteiger partial charge in [-0.05, 0) is 51.5 Å². The number of nitrogens with zero attached hydrogens (tertiary/aromatic N) is 2. The largest absolute Gasteiger partial charge is 0.359 e. The molecule has 0 radical (unpaired) electrons. The number of hydrogen-bond donors (Lipinski definition) is 0. The summed E-state index contributed by atoms with van der Waals surface area (Å²) in [7, 11) is -1.07. The predicted molar refractivity (Wildman–Crippen MR) is 104 cm³/mol. The maximum atomic E-state index is 6.37. The summed E-state index contributed by atoms with van der Waals surface area (Å²) in [5.74, 6) is 0. The third-order valence-corrected chi connectivity index (χ3v) is 7.04. The van der Waals surface area contributed by atoms with Gasteiger partial charge in [-0.2, -0.15) is 0 Å². The molecule has 0 spiro atoms. The zero-order valence-corrected chi connectivity index (χ0v) is 18.1. The Morgan fingerprint density at radius 1 is 1.48 bits per heavy atom. The second-order valence-electron chi connectivity index (χ2n) is 6.28. The molecule has 2 aromatic heterocycles. The molecule has 2 rings (SSSR count). The smallest absolute Gasteiger partial charge is 0.144 e. The van der Waals surface area contributed by atoms with E-state index in [2.05, 4.69) is 80.8 Å². The van der Waals surface area contributed by atoms with E-state index in [-0.39, 0.29) is 6.23 Å². The summed E-state index contributed by atoms with van der Waals surface area (Å²) < 4.78 is 9.95. The molecule has 7 heteroatoms. The van der Waals surface area contributed by atoms with Crippen LogP contribution in [-0.4, -0.2) is 24.2 Å². The minimum Gasteiger partial charge on any atom is -0.359 e. The molecule has 0 N–H and O–H groups in total. The molecular weight excluding hydrogens is 483 g/mol. The standard InChI is InChI=1S/C14H19BrClIN2OSi/c1-9(20-5-6-21(2,3)4)19-8-11(17)12-13(16)10(15)7-18-14(12)19/h7-9H,5-6H2,1-4H3. The number of ether oxygens (including phenoxy) is 1. The summed E-state index contributed by atoms with van der Waals surface area (Å²) in [5, 5.41) is 1.68. The zero-order chi connectivity index (χ0) is 15.8. The van der Waals surface area contributed by atoms with Crippen molar-refractivity contribution in [3.63, 3.8) is 0 Å². The molecule has 116 valence electrons. The number of halogens is 3. The van der Waals surface area contributed by atoms with Gasteiger partial charge in [0.05, 0.1) is 14.9 Å². The first-order chi connectivity index (χ1) is 9.70. The highest BCUT2D eigenvalue weighted by Gasteiger charge is 2.18. The summed E-state index contributed by atoms with van der Waals surface area (Å²) in [6.07, 6.45) is 3.75. The van der Waals surface area contributed by atoms with E-state index in [0.717, 1.165) is 31.7 Å². The molecule has 1 unspecified atom stereocenters. The molecule has 0 saturated carbocycles. The van der Waals surface area contributed by atoms with E-state index in [0.29, 0.717) is 5.02 Å². The van der Waals surface area contributed by atoms with E-state index < -0.39 is 8.07 Å². The molecule has 0 saturated heterocycles. The van der Waals surface area contributed by atoms with Crippen molar-refractivity contribution in [2.24, 2.45) is 0 Å². The number of hydrogen-bond acceptors (Lipinski definition) is 2. The van der Waals surface area contributed by atoms with Crippen molar-refractivity contribution in [3.8, 4) is 0 Å². The molecule has 3 nitrogen and oxygen atoms in total. The van der Waals surface area contributed by atoms with Gasteiger partial charge in [0.1, 0.15) is 11.9 Å². The van der Waals surface area contributed by atoms with Crippen LogP contribution in [-0.2, 0) is 4.74 Å². The Bertz CT molecular complexity index is 656. The van der Waals surface area contributed by atoms with Gasteiger partial charge < -0.3 is 9.30 Å². The second kappa shape index (κ2) is 6.86. The molecule has 2 aromatic rings. The topological polar surface area (TPSA) is 27.1 Å². The minimum absolute atomic E-state index is 0.0443. The predicted octanol–water partition coefficient (Wildman–Crippen LogP) is 5.93. The Balaban J connectivity index is 2.24. The van der Waals surface area contributed by atoms with Gasteiger partial charge in [-0.1, -0.05) is 31.2 Å². The van der Waals surface area contributed by atoms with Gasteiger partial charge in [-0.15, -0.1) is 0 Å². The Hall–Kier alpha value is 0.367. The highest BCUT2D eigenvalue weighted by Crippen LogP contribution is 2.35. The van der Waals surface area contributed by atoms with Crippen LogP contribution in [0, 0.1) is 3.57 Å². The van der Waals surface area contributed by atoms with E-state index in [9.17, 15) is 0 Å². The normalized spacial score (nSPS) is 13.9. The van der Waals surface area contributed by atoms with Crippen LogP contribution in [0.1, 0.15) is 13.2 Å². The second-order valence-corrected chi connectivity index (χ2v) is 14.3. The Morgan fingerprint density at radius 2 is 2.14 bits per heavy atom. The average molecular weight is 502 g/mol. The van der Waals surface area contributed by atoms with E-state index in [4.69, 9.17) is 16.3 Å². The number of pyridine rings is 1. The Morgan fingerprint density at radius 3 is 2.76 bits per heavy atom. The van der Waals surface area contributed by atoms with Gasteiger partial charge in [-0.25, -0.2) is 4.98 Å². The van der Waals surface area contributed by atoms with E-state index in [1.165, 1.54) is 0 Å². The average Bonchev–Trinajstić information content (AvgIpc) is 2.70. The van der Waals surface area contributed by atoms with E-state index in [1.807, 2.05) is 0 Å². The molecule has 0 fully saturated rings. The van der Waals surface area contributed by atoms with Crippen molar-refractivity contribution in [2.75, 3.05) is 6.61 Å². The molecule has 1 atom stereocenters. The van der Waals surface area contributed by atoms with Crippen LogP contribution < -0.4 is 0 Å². The quantitative estimate of drug-likeness (QED) is 0.375. The monoisotopic (exact) mass is 500 g/mol. The fourth-order valence-electron chi connectivity index (χ4n) is 2.00. The van der Waals surface area contributed by atoms with Gasteiger partial charge in [-0.3, -0.25) is 0 Å². The Labute approximate surface area is 153 Å². The van der Waals surface area contributed by atoms with Crippen molar-refractivity contribution in [1.82, 2.24) is 9.55 Å². The van der Waals surface area contributed by atoms with Gasteiger partial charge in [0.25, 0.3) is 0 Å². The van der Waals surface area contributed by atoms with E-state index in [1.54, 1.807) is 6.20 Å². The lowest BCUT2D eigenvalue weighted by molar-refractivity contribution is 0.0271. The van der Waals surface area contributed by atoms with Crippen LogP contribution in [0.4, 0.5) is 0 Å². The lowest BCUT2D eigenvalue weighted by atomic mass is 10.3. The SMILES string of the molecule is CC(OCC[Si](C)(C)C)n1cc(I)c2c(Cl)c(Br)cnc21. The van der Waals surface area contributed by atoms with Crippen molar-refractivity contribution >= 4 is 69.2 Å². The summed E-state index contributed by atoms with van der Waals surface area (Å²) in [4.78, 5) is 4.50. The van der Waals surface area contributed by atoms with Crippen molar-refractivity contribution in [3.05, 3.63) is 25.5 Å². The van der Waals surface area contributed by atoms with Gasteiger partial charge in [0.2, 0.25) is 0 Å². The zero-order valence-electron chi connectivity index (χ0n) is 12.6. The molecule has 0 amide bonds. The molecule has 21 heavy (non-hydrogen) atoms. The van der Waals surface area contributed by atoms with Crippen molar-refractivity contribution < 1.29 is 4.74 Å². The molecule has 0 aromatic carbocycles. The van der Waals surface area contributed by atoms with Crippen molar-refractivity contribution in [1.29, 1.82) is 0 Å². The molecule has 0 aliphatic carbocycles. The summed E-state index contributed by atoms with van der Waals surface area (Å²) in [6.45, 7) is 9.91. The van der Waals surface area contributed by atoms with E-state index >= 15 is 0 Å². The lowest BCUT2D eigenvalue weighted by Gasteiger charge is -2.20. The molecular formula is C14H19BrClIN2OSi. The van der Waals surface area contributed by atoms with Gasteiger partial charge in [0, 0.05) is 30.6 Å². The van der Waals surface area contributed by atoms with Crippen LogP contribution in [0.2, 0.25) is 30.7 Å². The molecule has 0 aliphatic heterocycles. The van der Waals surface area contributed by atoms with Crippen LogP contribution in [0.15, 0.2) is 16.9 Å². The minimum atomic E-state index is -1.07. The van der Waals surface area contributed by atoms with Crippen LogP contribution in [0.25, 0.3) is 11.0 Å². The first-order valence-corrected chi connectivity index (χ1v) is 12.8. The Kier molecular flexibility index (Phi) is 5.79. The number of rotatable bonds is 5. The number of aromatic nitrogens is 2. The summed E-state index contributed by atoms with van der Waals surface area (Å²) >= 11 is 12.1. The third-order valence-electron chi connectivity index (χ3n) is 3.29. The maximum Gasteiger partial charge on any atom is 0.144 e. The first-order valence-electron chi connectivity index (χ1n) is 6.82. The maximum absolute atomic E-state index is 6.37. The third kappa shape index (κ3) is 4.22. The number of fused-ring (bicyclic) bond motifs is 1. The van der Waals surface area contributed by atoms with Crippen LogP contribution in [0.5, 0.6) is 0 Å². The fraction of sp³-hybridized carbons (Fsp3) is 0.500. The van der Waals surface area contributed by atoms with Crippen molar-refractivity contribution in [2.45, 2.75) is 38.8 Å². The molecule has 0 bridgehead atoms. The summed E-state index contributed by atoms with van der Waals surface area (Å²) in [5.41, 5.74) is 0.869. The lowest BCUT2D eigenvalue weighted by Crippen LogP contribution is -2.22. The highest BCUT2D eigenvalue weighted by molar-refractivity contribution is 14.1. The van der Waals surface area contributed by atoms with Gasteiger partial charge in [0.15, 0.2) is 0 Å². The summed E-state index contributed by atoms with van der Waals surface area (Å²) in [6, 6.07) is 1.16. The van der Waals surface area contributed by atoms with Crippen LogP contribution >= 0.6 is 50.1 Å². The first kappa shape index (κ1) is 17.7.